The first kappa shape index (κ1) is 17.4. The van der Waals surface area contributed by atoms with Crippen molar-refractivity contribution in [2.24, 2.45) is 0 Å². The molecule has 4 rings (SSSR count). The summed E-state index contributed by atoms with van der Waals surface area (Å²) in [6.45, 7) is 7.42. The first-order valence-corrected chi connectivity index (χ1v) is 9.60. The topological polar surface area (TPSA) is 62.9 Å². The van der Waals surface area contributed by atoms with Crippen LogP contribution < -0.4 is 4.74 Å². The number of furan rings is 1. The van der Waals surface area contributed by atoms with Gasteiger partial charge in [0.15, 0.2) is 5.76 Å². The van der Waals surface area contributed by atoms with Crippen molar-refractivity contribution in [3.8, 4) is 5.75 Å². The molecule has 1 aromatic heterocycles. The molecule has 0 bridgehead atoms. The number of aryl methyl sites for hydroxylation is 1. The van der Waals surface area contributed by atoms with E-state index in [0.717, 1.165) is 42.4 Å². The van der Waals surface area contributed by atoms with Gasteiger partial charge in [0, 0.05) is 36.0 Å². The van der Waals surface area contributed by atoms with E-state index in [2.05, 4.69) is 0 Å². The molecule has 1 aromatic carbocycles. The molecule has 0 spiro atoms. The van der Waals surface area contributed by atoms with E-state index in [-0.39, 0.29) is 5.91 Å². The van der Waals surface area contributed by atoms with Crippen molar-refractivity contribution in [2.45, 2.75) is 64.6 Å². The summed E-state index contributed by atoms with van der Waals surface area (Å²) >= 11 is 0. The van der Waals surface area contributed by atoms with Crippen molar-refractivity contribution >= 4 is 16.9 Å². The zero-order valence-electron chi connectivity index (χ0n) is 15.8. The maximum absolute atomic E-state index is 13.0. The second kappa shape index (κ2) is 6.31. The largest absolute Gasteiger partial charge is 0.487 e. The summed E-state index contributed by atoms with van der Waals surface area (Å²) in [6.07, 6.45) is 4.32. The van der Waals surface area contributed by atoms with Crippen LogP contribution in [-0.4, -0.2) is 34.6 Å². The van der Waals surface area contributed by atoms with Gasteiger partial charge in [0.05, 0.1) is 6.10 Å². The highest BCUT2D eigenvalue weighted by atomic mass is 16.5. The van der Waals surface area contributed by atoms with E-state index in [0.29, 0.717) is 23.5 Å². The summed E-state index contributed by atoms with van der Waals surface area (Å²) in [6, 6.07) is 3.68. The Kier molecular flexibility index (Phi) is 4.22. The van der Waals surface area contributed by atoms with Crippen LogP contribution in [0.2, 0.25) is 0 Å². The Balaban J connectivity index is 1.78. The smallest absolute Gasteiger partial charge is 0.289 e. The van der Waals surface area contributed by atoms with Crippen molar-refractivity contribution in [1.82, 2.24) is 4.90 Å². The Hall–Kier alpha value is -2.01. The minimum Gasteiger partial charge on any atom is -0.487 e. The van der Waals surface area contributed by atoms with Crippen LogP contribution in [0.25, 0.3) is 11.0 Å². The SMILES string of the molecule is Cc1c(C(=O)N2CCCCCC2)oc2ccc3c(c12)C(O)CC(C)(C)O3. The van der Waals surface area contributed by atoms with Gasteiger partial charge in [0.2, 0.25) is 0 Å². The van der Waals surface area contributed by atoms with E-state index < -0.39 is 11.7 Å². The fraction of sp³-hybridized carbons (Fsp3) is 0.571. The molecule has 1 fully saturated rings. The van der Waals surface area contributed by atoms with Gasteiger partial charge in [-0.15, -0.1) is 0 Å². The summed E-state index contributed by atoms with van der Waals surface area (Å²) in [4.78, 5) is 14.9. The maximum atomic E-state index is 13.0. The van der Waals surface area contributed by atoms with Crippen molar-refractivity contribution in [1.29, 1.82) is 0 Å². The van der Waals surface area contributed by atoms with Crippen LogP contribution in [0, 0.1) is 6.92 Å². The van der Waals surface area contributed by atoms with E-state index in [1.54, 1.807) is 0 Å². The van der Waals surface area contributed by atoms with Crippen molar-refractivity contribution < 1.29 is 19.1 Å². The Labute approximate surface area is 153 Å². The summed E-state index contributed by atoms with van der Waals surface area (Å²) < 4.78 is 12.0. The van der Waals surface area contributed by atoms with Crippen LogP contribution in [0.1, 0.15) is 73.7 Å². The number of carbonyl (C=O) groups is 1. The molecule has 0 saturated carbocycles. The predicted octanol–water partition coefficient (Wildman–Crippen LogP) is 4.35. The monoisotopic (exact) mass is 357 g/mol. The average molecular weight is 357 g/mol. The van der Waals surface area contributed by atoms with Crippen molar-refractivity contribution in [3.05, 3.63) is 29.0 Å². The third-order valence-electron chi connectivity index (χ3n) is 5.59. The summed E-state index contributed by atoms with van der Waals surface area (Å²) in [5.41, 5.74) is 1.77. The molecule has 1 N–H and O–H groups in total. The normalized spacial score (nSPS) is 22.6. The van der Waals surface area contributed by atoms with Gasteiger partial charge in [0.25, 0.3) is 5.91 Å². The number of rotatable bonds is 1. The molecule has 1 atom stereocenters. The Bertz CT molecular complexity index is 843. The van der Waals surface area contributed by atoms with Gasteiger partial charge in [0.1, 0.15) is 16.9 Å². The zero-order chi connectivity index (χ0) is 18.5. The second-order valence-electron chi connectivity index (χ2n) is 8.19. The van der Waals surface area contributed by atoms with E-state index in [1.165, 1.54) is 12.8 Å². The Morgan fingerprint density at radius 1 is 1.19 bits per heavy atom. The number of aliphatic hydroxyl groups excluding tert-OH is 1. The molecule has 0 aliphatic carbocycles. The van der Waals surface area contributed by atoms with Gasteiger partial charge >= 0.3 is 0 Å². The number of carbonyl (C=O) groups excluding carboxylic acids is 1. The highest BCUT2D eigenvalue weighted by Gasteiger charge is 2.36. The maximum Gasteiger partial charge on any atom is 0.289 e. The molecule has 2 aromatic rings. The molecule has 26 heavy (non-hydrogen) atoms. The fourth-order valence-corrected chi connectivity index (χ4v) is 4.30. The molecule has 0 radical (unpaired) electrons. The molecule has 140 valence electrons. The average Bonchev–Trinajstić information content (AvgIpc) is 2.76. The third-order valence-corrected chi connectivity index (χ3v) is 5.59. The van der Waals surface area contributed by atoms with E-state index in [9.17, 15) is 9.90 Å². The predicted molar refractivity (Wildman–Crippen MR) is 99.6 cm³/mol. The molecule has 3 heterocycles. The first-order chi connectivity index (χ1) is 12.4. The van der Waals surface area contributed by atoms with E-state index in [1.807, 2.05) is 37.8 Å². The molecular weight excluding hydrogens is 330 g/mol. The third kappa shape index (κ3) is 2.88. The number of nitrogens with zero attached hydrogens (tertiary/aromatic N) is 1. The quantitative estimate of drug-likeness (QED) is 0.824. The number of benzene rings is 1. The van der Waals surface area contributed by atoms with Crippen LogP contribution in [-0.2, 0) is 0 Å². The minimum atomic E-state index is -0.630. The molecule has 5 nitrogen and oxygen atoms in total. The number of hydrogen-bond donors (Lipinski definition) is 1. The second-order valence-corrected chi connectivity index (χ2v) is 8.19. The van der Waals surface area contributed by atoms with E-state index in [4.69, 9.17) is 9.15 Å². The standard InChI is InChI=1S/C21H27NO4/c1-13-17-15(8-9-16-18(17)14(23)12-21(2,3)26-16)25-19(13)20(24)22-10-6-4-5-7-11-22/h8-9,14,23H,4-7,10-12H2,1-3H3. The lowest BCUT2D eigenvalue weighted by atomic mass is 9.89. The molecule has 2 aliphatic rings. The number of likely N-dealkylation sites (tertiary alicyclic amines) is 1. The van der Waals surface area contributed by atoms with Gasteiger partial charge in [-0.05, 0) is 45.7 Å². The van der Waals surface area contributed by atoms with Crippen LogP contribution in [0.3, 0.4) is 0 Å². The number of ether oxygens (including phenoxy) is 1. The Morgan fingerprint density at radius 3 is 2.58 bits per heavy atom. The van der Waals surface area contributed by atoms with Gasteiger partial charge in [-0.2, -0.15) is 0 Å². The van der Waals surface area contributed by atoms with Crippen LogP contribution in [0.4, 0.5) is 0 Å². The van der Waals surface area contributed by atoms with Gasteiger partial charge in [-0.3, -0.25) is 4.79 Å². The highest BCUT2D eigenvalue weighted by Crippen LogP contribution is 2.45. The fourth-order valence-electron chi connectivity index (χ4n) is 4.30. The number of hydrogen-bond acceptors (Lipinski definition) is 4. The van der Waals surface area contributed by atoms with Gasteiger partial charge < -0.3 is 19.2 Å². The Morgan fingerprint density at radius 2 is 1.88 bits per heavy atom. The molecule has 1 amide bonds. The lowest BCUT2D eigenvalue weighted by Gasteiger charge is -2.35. The van der Waals surface area contributed by atoms with Gasteiger partial charge in [-0.1, -0.05) is 12.8 Å². The van der Waals surface area contributed by atoms with Gasteiger partial charge in [-0.25, -0.2) is 0 Å². The molecular formula is C21H27NO4. The minimum absolute atomic E-state index is 0.0408. The molecule has 1 unspecified atom stereocenters. The molecule has 1 saturated heterocycles. The molecule has 2 aliphatic heterocycles. The number of fused-ring (bicyclic) bond motifs is 3. The van der Waals surface area contributed by atoms with Crippen LogP contribution in [0.15, 0.2) is 16.5 Å². The first-order valence-electron chi connectivity index (χ1n) is 9.60. The van der Waals surface area contributed by atoms with Crippen molar-refractivity contribution in [3.63, 3.8) is 0 Å². The summed E-state index contributed by atoms with van der Waals surface area (Å²) in [5, 5.41) is 11.6. The lowest BCUT2D eigenvalue weighted by molar-refractivity contribution is 0.0126. The molecule has 5 heteroatoms. The summed E-state index contributed by atoms with van der Waals surface area (Å²) in [5.74, 6) is 1.03. The zero-order valence-corrected chi connectivity index (χ0v) is 15.8. The van der Waals surface area contributed by atoms with Crippen LogP contribution in [0.5, 0.6) is 5.75 Å². The van der Waals surface area contributed by atoms with Crippen molar-refractivity contribution in [2.75, 3.05) is 13.1 Å². The number of amides is 1. The van der Waals surface area contributed by atoms with E-state index >= 15 is 0 Å². The highest BCUT2D eigenvalue weighted by molar-refractivity contribution is 6.00. The number of aliphatic hydroxyl groups is 1. The summed E-state index contributed by atoms with van der Waals surface area (Å²) in [7, 11) is 0. The van der Waals surface area contributed by atoms with Crippen LogP contribution >= 0.6 is 0 Å². The lowest BCUT2D eigenvalue weighted by Crippen LogP contribution is -2.34.